The van der Waals surface area contributed by atoms with Gasteiger partial charge in [-0.3, -0.25) is 9.52 Å². The number of aromatic nitrogens is 1. The van der Waals surface area contributed by atoms with E-state index in [4.69, 9.17) is 5.73 Å². The topological polar surface area (TPSA) is 94.2 Å². The highest BCUT2D eigenvalue weighted by atomic mass is 32.2. The summed E-state index contributed by atoms with van der Waals surface area (Å²) < 4.78 is 28.4. The quantitative estimate of drug-likeness (QED) is 0.828. The molecule has 0 saturated carbocycles. The summed E-state index contributed by atoms with van der Waals surface area (Å²) in [6, 6.07) is 7.42. The van der Waals surface area contributed by atoms with Crippen LogP contribution in [0.5, 0.6) is 0 Å². The predicted octanol–water partition coefficient (Wildman–Crippen LogP) is 1.08. The lowest BCUT2D eigenvalue weighted by atomic mass is 10.2. The van der Waals surface area contributed by atoms with Crippen molar-refractivity contribution in [1.82, 2.24) is 4.57 Å². The van der Waals surface area contributed by atoms with Crippen LogP contribution in [0.25, 0.3) is 0 Å². The standard InChI is InChI=1S/C13H15N3O3S/c1-9-11(14)4-3-5-12(9)20(18,19)15-10-6-7-13(17)16(2)8-10/h3-8,15H,14H2,1-2H3. The number of anilines is 2. The van der Waals surface area contributed by atoms with Crippen LogP contribution in [0.1, 0.15) is 5.56 Å². The van der Waals surface area contributed by atoms with Crippen LogP contribution in [0.4, 0.5) is 11.4 Å². The van der Waals surface area contributed by atoms with Crippen LogP contribution >= 0.6 is 0 Å². The third-order valence-corrected chi connectivity index (χ3v) is 4.48. The summed E-state index contributed by atoms with van der Waals surface area (Å²) in [5, 5.41) is 0. The fraction of sp³-hybridized carbons (Fsp3) is 0.154. The van der Waals surface area contributed by atoms with Crippen LogP contribution in [0.3, 0.4) is 0 Å². The molecule has 0 aliphatic carbocycles. The molecule has 0 aliphatic rings. The molecule has 0 atom stereocenters. The number of pyridine rings is 1. The molecule has 0 spiro atoms. The van der Waals surface area contributed by atoms with Gasteiger partial charge in [0.2, 0.25) is 5.56 Å². The highest BCUT2D eigenvalue weighted by molar-refractivity contribution is 7.92. The summed E-state index contributed by atoms with van der Waals surface area (Å²) in [6.45, 7) is 1.64. The van der Waals surface area contributed by atoms with Crippen molar-refractivity contribution in [3.63, 3.8) is 0 Å². The number of nitrogen functional groups attached to an aromatic ring is 1. The van der Waals surface area contributed by atoms with E-state index in [0.717, 1.165) is 0 Å². The summed E-state index contributed by atoms with van der Waals surface area (Å²) in [5.74, 6) is 0. The summed E-state index contributed by atoms with van der Waals surface area (Å²) in [5.41, 5.74) is 6.72. The molecule has 0 amide bonds. The second kappa shape index (κ2) is 5.01. The van der Waals surface area contributed by atoms with Crippen molar-refractivity contribution < 1.29 is 8.42 Å². The van der Waals surface area contributed by atoms with Crippen molar-refractivity contribution in [1.29, 1.82) is 0 Å². The largest absolute Gasteiger partial charge is 0.398 e. The van der Waals surface area contributed by atoms with E-state index >= 15 is 0 Å². The van der Waals surface area contributed by atoms with Crippen molar-refractivity contribution in [3.05, 3.63) is 52.4 Å². The van der Waals surface area contributed by atoms with Gasteiger partial charge >= 0.3 is 0 Å². The smallest absolute Gasteiger partial charge is 0.262 e. The molecule has 106 valence electrons. The molecule has 0 unspecified atom stereocenters. The van der Waals surface area contributed by atoms with Crippen LogP contribution in [0, 0.1) is 6.92 Å². The lowest BCUT2D eigenvalue weighted by Gasteiger charge is -2.12. The van der Waals surface area contributed by atoms with Gasteiger partial charge in [0, 0.05) is 25.0 Å². The van der Waals surface area contributed by atoms with Crippen LogP contribution in [0.2, 0.25) is 0 Å². The fourth-order valence-corrected chi connectivity index (χ4v) is 3.11. The van der Waals surface area contributed by atoms with Gasteiger partial charge in [-0.25, -0.2) is 8.42 Å². The SMILES string of the molecule is Cc1c(N)cccc1S(=O)(=O)Nc1ccc(=O)n(C)c1. The van der Waals surface area contributed by atoms with Gasteiger partial charge in [-0.1, -0.05) is 6.07 Å². The third kappa shape index (κ3) is 2.67. The molecule has 2 aromatic rings. The van der Waals surface area contributed by atoms with Crippen molar-refractivity contribution in [2.75, 3.05) is 10.5 Å². The average molecular weight is 293 g/mol. The maximum atomic E-state index is 12.3. The van der Waals surface area contributed by atoms with Gasteiger partial charge in [-0.15, -0.1) is 0 Å². The zero-order chi connectivity index (χ0) is 14.9. The Balaban J connectivity index is 2.43. The Kier molecular flexibility index (Phi) is 3.54. The Morgan fingerprint density at radius 3 is 2.55 bits per heavy atom. The van der Waals surface area contributed by atoms with E-state index in [0.29, 0.717) is 16.9 Å². The molecule has 20 heavy (non-hydrogen) atoms. The second-order valence-electron chi connectivity index (χ2n) is 4.44. The average Bonchev–Trinajstić information content (AvgIpc) is 2.36. The van der Waals surface area contributed by atoms with Crippen LogP contribution in [-0.2, 0) is 17.1 Å². The van der Waals surface area contributed by atoms with Gasteiger partial charge in [-0.2, -0.15) is 0 Å². The van der Waals surface area contributed by atoms with Crippen LogP contribution < -0.4 is 16.0 Å². The molecule has 2 rings (SSSR count). The number of nitrogens with zero attached hydrogens (tertiary/aromatic N) is 1. The Labute approximate surface area is 116 Å². The molecular formula is C13H15N3O3S. The van der Waals surface area contributed by atoms with Gasteiger partial charge in [-0.05, 0) is 30.7 Å². The lowest BCUT2D eigenvalue weighted by Crippen LogP contribution is -2.19. The first-order valence-corrected chi connectivity index (χ1v) is 7.34. The van der Waals surface area contributed by atoms with Gasteiger partial charge in [0.15, 0.2) is 0 Å². The number of aryl methyl sites for hydroxylation is 1. The Bertz CT molecular complexity index is 810. The van der Waals surface area contributed by atoms with Gasteiger partial charge in [0.25, 0.3) is 10.0 Å². The van der Waals surface area contributed by atoms with Gasteiger partial charge in [0.1, 0.15) is 0 Å². The third-order valence-electron chi connectivity index (χ3n) is 2.95. The summed E-state index contributed by atoms with van der Waals surface area (Å²) >= 11 is 0. The number of sulfonamides is 1. The lowest BCUT2D eigenvalue weighted by molar-refractivity contribution is 0.600. The highest BCUT2D eigenvalue weighted by Crippen LogP contribution is 2.22. The molecule has 0 aliphatic heterocycles. The molecule has 1 heterocycles. The minimum absolute atomic E-state index is 0.117. The van der Waals surface area contributed by atoms with Crippen molar-refractivity contribution in [2.45, 2.75) is 11.8 Å². The molecule has 6 nitrogen and oxygen atoms in total. The zero-order valence-electron chi connectivity index (χ0n) is 11.1. The van der Waals surface area contributed by atoms with E-state index in [2.05, 4.69) is 4.72 Å². The predicted molar refractivity (Wildman–Crippen MR) is 78.1 cm³/mol. The molecule has 1 aromatic carbocycles. The van der Waals surface area contributed by atoms with E-state index in [-0.39, 0.29) is 10.5 Å². The zero-order valence-corrected chi connectivity index (χ0v) is 11.9. The number of hydrogen-bond donors (Lipinski definition) is 2. The maximum Gasteiger partial charge on any atom is 0.262 e. The molecule has 3 N–H and O–H groups in total. The van der Waals surface area contributed by atoms with Crippen molar-refractivity contribution >= 4 is 21.4 Å². The highest BCUT2D eigenvalue weighted by Gasteiger charge is 2.18. The minimum atomic E-state index is -3.74. The summed E-state index contributed by atoms with van der Waals surface area (Å²) in [7, 11) is -2.19. The molecule has 0 saturated heterocycles. The second-order valence-corrected chi connectivity index (χ2v) is 6.09. The van der Waals surface area contributed by atoms with E-state index in [1.54, 1.807) is 26.1 Å². The number of nitrogens with one attached hydrogen (secondary N) is 1. The first-order chi connectivity index (χ1) is 9.31. The Morgan fingerprint density at radius 1 is 1.20 bits per heavy atom. The number of benzene rings is 1. The summed E-state index contributed by atoms with van der Waals surface area (Å²) in [4.78, 5) is 11.4. The first-order valence-electron chi connectivity index (χ1n) is 5.86. The van der Waals surface area contributed by atoms with E-state index in [9.17, 15) is 13.2 Å². The molecular weight excluding hydrogens is 278 g/mol. The number of hydrogen-bond acceptors (Lipinski definition) is 4. The van der Waals surface area contributed by atoms with Crippen LogP contribution in [-0.4, -0.2) is 13.0 Å². The van der Waals surface area contributed by atoms with E-state index in [1.165, 1.54) is 29.0 Å². The van der Waals surface area contributed by atoms with E-state index in [1.807, 2.05) is 0 Å². The minimum Gasteiger partial charge on any atom is -0.398 e. The van der Waals surface area contributed by atoms with Crippen molar-refractivity contribution in [2.24, 2.45) is 7.05 Å². The Morgan fingerprint density at radius 2 is 1.90 bits per heavy atom. The van der Waals surface area contributed by atoms with E-state index < -0.39 is 10.0 Å². The maximum absolute atomic E-state index is 12.3. The molecule has 0 bridgehead atoms. The first kappa shape index (κ1) is 14.1. The number of nitrogens with two attached hydrogens (primary N) is 1. The van der Waals surface area contributed by atoms with Crippen LogP contribution in [0.15, 0.2) is 46.2 Å². The monoisotopic (exact) mass is 293 g/mol. The summed E-state index contributed by atoms with van der Waals surface area (Å²) in [6.07, 6.45) is 1.42. The Hall–Kier alpha value is -2.28. The molecule has 7 heteroatoms. The normalized spacial score (nSPS) is 11.3. The molecule has 1 aromatic heterocycles. The van der Waals surface area contributed by atoms with Crippen molar-refractivity contribution in [3.8, 4) is 0 Å². The number of rotatable bonds is 3. The molecule has 0 radical (unpaired) electrons. The van der Waals surface area contributed by atoms with Gasteiger partial charge in [0.05, 0.1) is 10.6 Å². The van der Waals surface area contributed by atoms with Gasteiger partial charge < -0.3 is 10.3 Å². The fourth-order valence-electron chi connectivity index (χ4n) is 1.79. The molecule has 0 fully saturated rings.